The lowest BCUT2D eigenvalue weighted by Crippen LogP contribution is -2.10. The lowest BCUT2D eigenvalue weighted by Gasteiger charge is -2.20. The number of carboxylic acid groups (broad SMARTS) is 1. The van der Waals surface area contributed by atoms with Gasteiger partial charge in [0.15, 0.2) is 0 Å². The molecule has 1 heterocycles. The predicted octanol–water partition coefficient (Wildman–Crippen LogP) is 5.44. The average molecular weight is 345 g/mol. The summed E-state index contributed by atoms with van der Waals surface area (Å²) < 4.78 is 0. The van der Waals surface area contributed by atoms with Gasteiger partial charge in [0.25, 0.3) is 0 Å². The number of carboxylic acids is 1. The van der Waals surface area contributed by atoms with Gasteiger partial charge in [-0.2, -0.15) is 0 Å². The molecule has 1 aromatic heterocycles. The van der Waals surface area contributed by atoms with Crippen LogP contribution in [0.3, 0.4) is 0 Å². The fourth-order valence-electron chi connectivity index (χ4n) is 3.88. The predicted molar refractivity (Wildman–Crippen MR) is 105 cm³/mol. The number of aromatic amines is 1. The third-order valence-electron chi connectivity index (χ3n) is 5.29. The maximum Gasteiger partial charge on any atom is 0.352 e. The lowest BCUT2D eigenvalue weighted by atomic mass is 9.84. The second-order valence-corrected chi connectivity index (χ2v) is 8.02. The second kappa shape index (κ2) is 5.87. The molecule has 0 atom stereocenters. The van der Waals surface area contributed by atoms with Gasteiger partial charge in [0.2, 0.25) is 0 Å². The molecule has 132 valence electrons. The summed E-state index contributed by atoms with van der Waals surface area (Å²) in [5, 5.41) is 9.78. The van der Waals surface area contributed by atoms with Crippen molar-refractivity contribution in [2.75, 3.05) is 0 Å². The Balaban J connectivity index is 1.90. The second-order valence-electron chi connectivity index (χ2n) is 8.02. The van der Waals surface area contributed by atoms with Crippen molar-refractivity contribution in [2.45, 2.75) is 39.0 Å². The number of aryl methyl sites for hydroxylation is 1. The van der Waals surface area contributed by atoms with E-state index in [2.05, 4.69) is 62.2 Å². The standard InChI is InChI=1S/C23H23NO2/c1-23(2,3)16-11-8-15(9-12-16)19-18-13-10-14-6-4-5-7-17(14)20(18)24-21(19)22(25)26/h4-9,11-12,24H,10,13H2,1-3H3,(H,25,26). The summed E-state index contributed by atoms with van der Waals surface area (Å²) in [6, 6.07) is 16.6. The molecular weight excluding hydrogens is 322 g/mol. The third kappa shape index (κ3) is 2.64. The minimum absolute atomic E-state index is 0.0741. The monoisotopic (exact) mass is 345 g/mol. The molecule has 4 rings (SSSR count). The topological polar surface area (TPSA) is 53.1 Å². The first-order chi connectivity index (χ1) is 12.4. The Morgan fingerprint density at radius 1 is 1.00 bits per heavy atom. The van der Waals surface area contributed by atoms with Crippen LogP contribution in [-0.2, 0) is 18.3 Å². The third-order valence-corrected chi connectivity index (χ3v) is 5.29. The van der Waals surface area contributed by atoms with E-state index in [1.54, 1.807) is 0 Å². The zero-order valence-electron chi connectivity index (χ0n) is 15.4. The molecule has 3 nitrogen and oxygen atoms in total. The lowest BCUT2D eigenvalue weighted by molar-refractivity contribution is 0.0692. The normalized spacial score (nSPS) is 13.2. The molecule has 3 heteroatoms. The largest absolute Gasteiger partial charge is 0.477 e. The molecule has 0 spiro atoms. The Bertz CT molecular complexity index is 988. The summed E-state index contributed by atoms with van der Waals surface area (Å²) in [4.78, 5) is 15.1. The summed E-state index contributed by atoms with van der Waals surface area (Å²) in [6.45, 7) is 6.54. The highest BCUT2D eigenvalue weighted by Gasteiger charge is 2.27. The van der Waals surface area contributed by atoms with Crippen molar-refractivity contribution in [3.63, 3.8) is 0 Å². The number of fused-ring (bicyclic) bond motifs is 3. The average Bonchev–Trinajstić information content (AvgIpc) is 3.01. The fraction of sp³-hybridized carbons (Fsp3) is 0.261. The van der Waals surface area contributed by atoms with E-state index in [1.807, 2.05) is 12.1 Å². The molecule has 0 bridgehead atoms. The van der Waals surface area contributed by atoms with Crippen LogP contribution in [0.1, 0.15) is 48.0 Å². The molecule has 0 radical (unpaired) electrons. The van der Waals surface area contributed by atoms with E-state index in [4.69, 9.17) is 0 Å². The summed E-state index contributed by atoms with van der Waals surface area (Å²) >= 11 is 0. The van der Waals surface area contributed by atoms with Crippen molar-refractivity contribution in [3.8, 4) is 22.4 Å². The number of rotatable bonds is 2. The van der Waals surface area contributed by atoms with Gasteiger partial charge in [-0.25, -0.2) is 4.79 Å². The van der Waals surface area contributed by atoms with Gasteiger partial charge in [0.1, 0.15) is 5.69 Å². The van der Waals surface area contributed by atoms with E-state index >= 15 is 0 Å². The maximum absolute atomic E-state index is 11.9. The first kappa shape index (κ1) is 16.6. The van der Waals surface area contributed by atoms with E-state index < -0.39 is 5.97 Å². The summed E-state index contributed by atoms with van der Waals surface area (Å²) in [7, 11) is 0. The zero-order valence-corrected chi connectivity index (χ0v) is 15.4. The zero-order chi connectivity index (χ0) is 18.5. The van der Waals surface area contributed by atoms with E-state index in [1.165, 1.54) is 11.1 Å². The van der Waals surface area contributed by atoms with Crippen molar-refractivity contribution in [2.24, 2.45) is 0 Å². The number of nitrogens with one attached hydrogen (secondary N) is 1. The molecule has 0 saturated heterocycles. The van der Waals surface area contributed by atoms with Crippen LogP contribution < -0.4 is 0 Å². The fourth-order valence-corrected chi connectivity index (χ4v) is 3.88. The van der Waals surface area contributed by atoms with Gasteiger partial charge in [0, 0.05) is 11.1 Å². The highest BCUT2D eigenvalue weighted by Crippen LogP contribution is 2.41. The van der Waals surface area contributed by atoms with Crippen LogP contribution >= 0.6 is 0 Å². The summed E-state index contributed by atoms with van der Waals surface area (Å²) in [6.07, 6.45) is 1.79. The van der Waals surface area contributed by atoms with Crippen LogP contribution in [0.5, 0.6) is 0 Å². The SMILES string of the molecule is CC(C)(C)c1ccc(-c2c(C(=O)O)[nH]c3c2CCc2ccccc2-3)cc1. The van der Waals surface area contributed by atoms with Gasteiger partial charge in [-0.05, 0) is 40.5 Å². The number of aromatic nitrogens is 1. The van der Waals surface area contributed by atoms with Gasteiger partial charge >= 0.3 is 5.97 Å². The number of H-pyrrole nitrogens is 1. The van der Waals surface area contributed by atoms with E-state index in [9.17, 15) is 9.90 Å². The molecule has 1 aliphatic rings. The van der Waals surface area contributed by atoms with Gasteiger partial charge in [-0.15, -0.1) is 0 Å². The molecule has 0 saturated carbocycles. The summed E-state index contributed by atoms with van der Waals surface area (Å²) in [5.41, 5.74) is 7.87. The van der Waals surface area contributed by atoms with Crippen LogP contribution in [0.25, 0.3) is 22.4 Å². The Hall–Kier alpha value is -2.81. The van der Waals surface area contributed by atoms with Crippen LogP contribution in [0.2, 0.25) is 0 Å². The van der Waals surface area contributed by atoms with Gasteiger partial charge in [-0.1, -0.05) is 69.3 Å². The Morgan fingerprint density at radius 2 is 1.69 bits per heavy atom. The first-order valence-electron chi connectivity index (χ1n) is 9.03. The van der Waals surface area contributed by atoms with Crippen molar-refractivity contribution >= 4 is 5.97 Å². The van der Waals surface area contributed by atoms with Gasteiger partial charge < -0.3 is 10.1 Å². The van der Waals surface area contributed by atoms with E-state index in [-0.39, 0.29) is 11.1 Å². The molecule has 0 amide bonds. The molecule has 0 unspecified atom stereocenters. The van der Waals surface area contributed by atoms with Gasteiger partial charge in [-0.3, -0.25) is 0 Å². The van der Waals surface area contributed by atoms with E-state index in [0.29, 0.717) is 0 Å². The number of benzene rings is 2. The molecule has 26 heavy (non-hydrogen) atoms. The number of carbonyl (C=O) groups is 1. The Labute approximate surface area is 153 Å². The van der Waals surface area contributed by atoms with Crippen LogP contribution in [-0.4, -0.2) is 16.1 Å². The summed E-state index contributed by atoms with van der Waals surface area (Å²) in [5.74, 6) is -0.910. The van der Waals surface area contributed by atoms with Crippen LogP contribution in [0.4, 0.5) is 0 Å². The molecule has 1 aliphatic carbocycles. The van der Waals surface area contributed by atoms with E-state index in [0.717, 1.165) is 40.8 Å². The van der Waals surface area contributed by atoms with Crippen molar-refractivity contribution in [1.29, 1.82) is 0 Å². The molecule has 3 aromatic rings. The highest BCUT2D eigenvalue weighted by molar-refractivity contribution is 5.98. The quantitative estimate of drug-likeness (QED) is 0.649. The van der Waals surface area contributed by atoms with Crippen molar-refractivity contribution in [1.82, 2.24) is 4.98 Å². The Morgan fingerprint density at radius 3 is 2.35 bits per heavy atom. The number of aromatic carboxylic acids is 1. The minimum Gasteiger partial charge on any atom is -0.477 e. The molecule has 2 aromatic carbocycles. The molecule has 0 fully saturated rings. The number of hydrogen-bond acceptors (Lipinski definition) is 1. The van der Waals surface area contributed by atoms with Crippen LogP contribution in [0, 0.1) is 0 Å². The Kier molecular flexibility index (Phi) is 3.76. The smallest absolute Gasteiger partial charge is 0.352 e. The molecule has 2 N–H and O–H groups in total. The minimum atomic E-state index is -0.910. The van der Waals surface area contributed by atoms with Gasteiger partial charge in [0.05, 0.1) is 5.69 Å². The van der Waals surface area contributed by atoms with Crippen molar-refractivity contribution in [3.05, 3.63) is 70.9 Å². The number of hydrogen-bond donors (Lipinski definition) is 2. The molecule has 0 aliphatic heterocycles. The van der Waals surface area contributed by atoms with Crippen LogP contribution in [0.15, 0.2) is 48.5 Å². The first-order valence-corrected chi connectivity index (χ1v) is 9.03. The van der Waals surface area contributed by atoms with Crippen molar-refractivity contribution < 1.29 is 9.90 Å². The maximum atomic E-state index is 11.9. The molecular formula is C23H23NO2. The highest BCUT2D eigenvalue weighted by atomic mass is 16.4.